The number of hydrogen-bond donors (Lipinski definition) is 8. The number of hydrogen-bond acceptors (Lipinski definition) is 5. The molecule has 0 heterocycles. The van der Waals surface area contributed by atoms with Gasteiger partial charge in [-0.3, -0.25) is 13.7 Å². The Morgan fingerprint density at radius 3 is 1.33 bits per heavy atom. The van der Waals surface area contributed by atoms with Gasteiger partial charge in [-0.15, -0.1) is 0 Å². The van der Waals surface area contributed by atoms with Gasteiger partial charge in [0.05, 0.1) is 0 Å². The molecule has 11 nitrogen and oxygen atoms in total. The van der Waals surface area contributed by atoms with Crippen LogP contribution in [0, 0.1) is 0 Å². The summed E-state index contributed by atoms with van der Waals surface area (Å²) in [5.41, 5.74) is 4.83. The molecule has 0 aromatic rings. The first-order chi connectivity index (χ1) is 7.67. The summed E-state index contributed by atoms with van der Waals surface area (Å²) in [6, 6.07) is 0. The average molecular weight is 329 g/mol. The van der Waals surface area contributed by atoms with E-state index in [0.29, 0.717) is 0 Å². The van der Waals surface area contributed by atoms with Gasteiger partial charge < -0.3 is 40.2 Å². The molecule has 0 aliphatic rings. The summed E-state index contributed by atoms with van der Waals surface area (Å²) in [5, 5.41) is 8.73. The van der Waals surface area contributed by atoms with Crippen LogP contribution < -0.4 is 5.73 Å². The Morgan fingerprint density at radius 1 is 0.889 bits per heavy atom. The topological polar surface area (TPSA) is 219 Å². The van der Waals surface area contributed by atoms with Crippen molar-refractivity contribution >= 4 is 22.8 Å². The first kappa shape index (κ1) is 18.4. The fraction of sp³-hybridized carbons (Fsp3) is 1.00. The van der Waals surface area contributed by atoms with E-state index in [1.54, 1.807) is 0 Å². The zero-order valence-electron chi connectivity index (χ0n) is 8.77. The second-order valence-electron chi connectivity index (χ2n) is 3.51. The maximum Gasteiger partial charge on any atom is 0.356 e. The van der Waals surface area contributed by atoms with Gasteiger partial charge in [-0.05, 0) is 12.8 Å². The van der Waals surface area contributed by atoms with Crippen LogP contribution in [0.15, 0.2) is 0 Å². The van der Waals surface area contributed by atoms with Crippen LogP contribution in [-0.4, -0.2) is 45.3 Å². The second-order valence-corrected chi connectivity index (χ2v) is 10.1. The van der Waals surface area contributed by atoms with Gasteiger partial charge in [0.1, 0.15) is 6.23 Å². The van der Waals surface area contributed by atoms with Crippen LogP contribution in [-0.2, 0) is 13.7 Å². The quantitative estimate of drug-likeness (QED) is 0.201. The van der Waals surface area contributed by atoms with Crippen molar-refractivity contribution in [1.82, 2.24) is 0 Å². The van der Waals surface area contributed by atoms with Crippen LogP contribution >= 0.6 is 22.8 Å². The zero-order valence-corrected chi connectivity index (χ0v) is 11.4. The molecule has 0 bridgehead atoms. The van der Waals surface area contributed by atoms with Gasteiger partial charge in [0.25, 0.3) is 4.64 Å². The molecule has 0 fully saturated rings. The largest absolute Gasteiger partial charge is 0.379 e. The number of aliphatic hydroxyl groups is 1. The van der Waals surface area contributed by atoms with Crippen LogP contribution in [0.5, 0.6) is 0 Å². The van der Waals surface area contributed by atoms with Gasteiger partial charge in [0.15, 0.2) is 0 Å². The number of rotatable bonds is 6. The smallest absolute Gasteiger partial charge is 0.356 e. The lowest BCUT2D eigenvalue weighted by atomic mass is 10.3. The third kappa shape index (κ3) is 3.47. The predicted octanol–water partition coefficient (Wildman–Crippen LogP) is -1.77. The van der Waals surface area contributed by atoms with E-state index in [-0.39, 0.29) is 0 Å². The first-order valence-electron chi connectivity index (χ1n) is 4.27. The van der Waals surface area contributed by atoms with Crippen molar-refractivity contribution in [2.75, 3.05) is 0 Å². The van der Waals surface area contributed by atoms with Crippen LogP contribution in [0.2, 0.25) is 0 Å². The molecule has 0 spiro atoms. The minimum absolute atomic E-state index is 0.818. The van der Waals surface area contributed by atoms with Gasteiger partial charge in [-0.2, -0.15) is 0 Å². The lowest BCUT2D eigenvalue weighted by Gasteiger charge is -2.34. The molecule has 0 aromatic carbocycles. The Bertz CT molecular complexity index is 373. The van der Waals surface area contributed by atoms with Gasteiger partial charge >= 0.3 is 22.8 Å². The van der Waals surface area contributed by atoms with Crippen LogP contribution in [0.1, 0.15) is 12.8 Å². The summed E-state index contributed by atoms with van der Waals surface area (Å²) in [6.07, 6.45) is -3.90. The molecule has 0 radical (unpaired) electrons. The summed E-state index contributed by atoms with van der Waals surface area (Å²) >= 11 is 0. The fourth-order valence-electron chi connectivity index (χ4n) is 1.29. The highest BCUT2D eigenvalue weighted by Crippen LogP contribution is 2.84. The SMILES string of the molecule is NC(O)CCC(P(=O)(O)O)(P(=O)(O)O)P(=O)(O)O. The Kier molecular flexibility index (Phi) is 5.51. The minimum Gasteiger partial charge on any atom is -0.379 e. The van der Waals surface area contributed by atoms with E-state index >= 15 is 0 Å². The summed E-state index contributed by atoms with van der Waals surface area (Å²) in [6.45, 7) is 0. The van der Waals surface area contributed by atoms with Crippen molar-refractivity contribution in [3.63, 3.8) is 0 Å². The Hall–Kier alpha value is 0.370. The lowest BCUT2D eigenvalue weighted by molar-refractivity contribution is 0.166. The van der Waals surface area contributed by atoms with Crippen molar-refractivity contribution in [3.8, 4) is 0 Å². The highest BCUT2D eigenvalue weighted by molar-refractivity contribution is 7.88. The number of nitrogens with two attached hydrogens (primary N) is 1. The molecule has 9 N–H and O–H groups in total. The molecule has 1 atom stereocenters. The van der Waals surface area contributed by atoms with Crippen molar-refractivity contribution in [2.45, 2.75) is 23.7 Å². The minimum atomic E-state index is -5.90. The molecular weight excluding hydrogens is 315 g/mol. The molecule has 0 saturated carbocycles. The van der Waals surface area contributed by atoms with Crippen LogP contribution in [0.25, 0.3) is 0 Å². The summed E-state index contributed by atoms with van der Waals surface area (Å²) in [7, 11) is -17.7. The highest BCUT2D eigenvalue weighted by atomic mass is 31.3. The monoisotopic (exact) mass is 329 g/mol. The summed E-state index contributed by atoms with van der Waals surface area (Å²) in [5.74, 6) is 0. The molecule has 0 rings (SSSR count). The Morgan fingerprint density at radius 2 is 1.17 bits per heavy atom. The van der Waals surface area contributed by atoms with E-state index in [0.717, 1.165) is 0 Å². The van der Waals surface area contributed by atoms with Crippen molar-refractivity contribution in [1.29, 1.82) is 0 Å². The van der Waals surface area contributed by atoms with Crippen LogP contribution in [0.3, 0.4) is 0 Å². The molecule has 14 heteroatoms. The van der Waals surface area contributed by atoms with Gasteiger partial charge in [0, 0.05) is 0 Å². The van der Waals surface area contributed by atoms with E-state index in [1.165, 1.54) is 0 Å². The Balaban J connectivity index is 6.02. The van der Waals surface area contributed by atoms with Crippen molar-refractivity contribution in [3.05, 3.63) is 0 Å². The molecular formula is C4H14NO10P3. The lowest BCUT2D eigenvalue weighted by Crippen LogP contribution is -2.32. The van der Waals surface area contributed by atoms with E-state index in [2.05, 4.69) is 0 Å². The second kappa shape index (κ2) is 5.40. The molecule has 0 amide bonds. The van der Waals surface area contributed by atoms with Gasteiger partial charge in [-0.25, -0.2) is 0 Å². The molecule has 0 saturated heterocycles. The fourth-order valence-corrected chi connectivity index (χ4v) is 6.62. The molecule has 0 aromatic heterocycles. The molecule has 0 aliphatic carbocycles. The standard InChI is InChI=1S/C4H14NO10P3/c5-3(6)1-2-4(16(7,8)9,17(10,11)12)18(13,14)15/h3,6H,1-2,5H2,(H2,7,8,9)(H2,10,11,12)(H2,13,14,15). The van der Waals surface area contributed by atoms with Crippen LogP contribution in [0.4, 0.5) is 0 Å². The van der Waals surface area contributed by atoms with E-state index < -0.39 is 46.5 Å². The summed E-state index contributed by atoms with van der Waals surface area (Å²) < 4.78 is 29.5. The van der Waals surface area contributed by atoms with E-state index in [1.807, 2.05) is 0 Å². The normalized spacial score (nSPS) is 16.7. The van der Waals surface area contributed by atoms with Gasteiger partial charge in [-0.1, -0.05) is 0 Å². The van der Waals surface area contributed by atoms with Gasteiger partial charge in [0.2, 0.25) is 0 Å². The molecule has 0 aliphatic heterocycles. The molecule has 18 heavy (non-hydrogen) atoms. The first-order valence-corrected chi connectivity index (χ1v) is 9.11. The third-order valence-electron chi connectivity index (χ3n) is 2.18. The Labute approximate surface area is 101 Å². The number of aliphatic hydroxyl groups excluding tert-OH is 1. The maximum atomic E-state index is 11.1. The van der Waals surface area contributed by atoms with E-state index in [4.69, 9.17) is 40.2 Å². The maximum absolute atomic E-state index is 11.1. The van der Waals surface area contributed by atoms with Crippen molar-refractivity contribution in [2.24, 2.45) is 5.73 Å². The molecule has 110 valence electrons. The predicted molar refractivity (Wildman–Crippen MR) is 58.3 cm³/mol. The zero-order chi connectivity index (χ0) is 15.0. The average Bonchev–Trinajstić information content (AvgIpc) is 1.94. The third-order valence-corrected chi connectivity index (χ3v) is 10.3. The molecule has 1 unspecified atom stereocenters. The van der Waals surface area contributed by atoms with Crippen molar-refractivity contribution < 1.29 is 48.2 Å². The highest BCUT2D eigenvalue weighted by Gasteiger charge is 2.71. The summed E-state index contributed by atoms with van der Waals surface area (Å²) in [4.78, 5) is 53.5. The van der Waals surface area contributed by atoms with E-state index in [9.17, 15) is 13.7 Å².